The van der Waals surface area contributed by atoms with Crippen LogP contribution in [0.3, 0.4) is 0 Å². The molecule has 1 aliphatic rings. The van der Waals surface area contributed by atoms with Gasteiger partial charge in [0.1, 0.15) is 4.21 Å². The molecule has 0 amide bonds. The molecule has 27 heavy (non-hydrogen) atoms. The van der Waals surface area contributed by atoms with E-state index in [0.717, 1.165) is 29.8 Å². The van der Waals surface area contributed by atoms with E-state index in [1.807, 2.05) is 12.1 Å². The molecule has 0 spiro atoms. The van der Waals surface area contributed by atoms with Crippen LogP contribution < -0.4 is 5.32 Å². The number of hydrogen-bond acceptors (Lipinski definition) is 7. The number of nitrogens with zero attached hydrogens (tertiary/aromatic N) is 4. The van der Waals surface area contributed by atoms with E-state index in [9.17, 15) is 8.42 Å². The zero-order valence-electron chi connectivity index (χ0n) is 14.6. The van der Waals surface area contributed by atoms with Crippen LogP contribution in [0.4, 0.5) is 11.6 Å². The van der Waals surface area contributed by atoms with Gasteiger partial charge in [-0.25, -0.2) is 18.4 Å². The standard InChI is InChI=1S/C18H19N5O2S2/c24-27(25,23-12-2-1-3-13-23)17-5-4-16(26-17)15-8-11-20-18(22-15)21-14-6-9-19-10-7-14/h4-11H,1-3,12-13H2,(H,19,20,21,22). The van der Waals surface area contributed by atoms with Crippen LogP contribution in [0.2, 0.25) is 0 Å². The van der Waals surface area contributed by atoms with Crippen molar-refractivity contribution in [3.8, 4) is 10.6 Å². The summed E-state index contributed by atoms with van der Waals surface area (Å²) in [5.74, 6) is 0.451. The Morgan fingerprint density at radius 3 is 2.52 bits per heavy atom. The van der Waals surface area contributed by atoms with E-state index in [4.69, 9.17) is 0 Å². The number of thiophene rings is 1. The molecular formula is C18H19N5O2S2. The molecule has 3 aromatic heterocycles. The van der Waals surface area contributed by atoms with Gasteiger partial charge in [-0.1, -0.05) is 6.42 Å². The van der Waals surface area contributed by atoms with Crippen molar-refractivity contribution in [1.82, 2.24) is 19.3 Å². The molecule has 1 N–H and O–H groups in total. The van der Waals surface area contributed by atoms with E-state index < -0.39 is 10.0 Å². The summed E-state index contributed by atoms with van der Waals surface area (Å²) in [7, 11) is -3.42. The lowest BCUT2D eigenvalue weighted by Crippen LogP contribution is -2.35. The third-order valence-corrected chi connectivity index (χ3v) is 7.81. The van der Waals surface area contributed by atoms with E-state index >= 15 is 0 Å². The summed E-state index contributed by atoms with van der Waals surface area (Å²) < 4.78 is 27.6. The number of sulfonamides is 1. The Bertz CT molecular complexity index is 1010. The topological polar surface area (TPSA) is 88.1 Å². The number of piperidine rings is 1. The number of anilines is 2. The Morgan fingerprint density at radius 1 is 0.963 bits per heavy atom. The maximum atomic E-state index is 12.8. The highest BCUT2D eigenvalue weighted by molar-refractivity contribution is 7.91. The molecule has 0 saturated carbocycles. The molecule has 0 atom stereocenters. The summed E-state index contributed by atoms with van der Waals surface area (Å²) in [6.45, 7) is 1.20. The van der Waals surface area contributed by atoms with Gasteiger partial charge in [0.05, 0.1) is 10.6 Å². The van der Waals surface area contributed by atoms with Gasteiger partial charge in [0.25, 0.3) is 10.0 Å². The lowest BCUT2D eigenvalue weighted by Gasteiger charge is -2.25. The lowest BCUT2D eigenvalue weighted by molar-refractivity contribution is 0.347. The molecule has 0 unspecified atom stereocenters. The van der Waals surface area contributed by atoms with Crippen molar-refractivity contribution in [2.75, 3.05) is 18.4 Å². The first-order valence-electron chi connectivity index (χ1n) is 8.73. The highest BCUT2D eigenvalue weighted by Gasteiger charge is 2.27. The average molecular weight is 402 g/mol. The van der Waals surface area contributed by atoms with E-state index in [2.05, 4.69) is 20.3 Å². The molecule has 1 saturated heterocycles. The van der Waals surface area contributed by atoms with E-state index in [0.29, 0.717) is 28.9 Å². The minimum absolute atomic E-state index is 0.363. The second-order valence-electron chi connectivity index (χ2n) is 6.21. The molecule has 140 valence electrons. The maximum Gasteiger partial charge on any atom is 0.252 e. The van der Waals surface area contributed by atoms with Gasteiger partial charge >= 0.3 is 0 Å². The quantitative estimate of drug-likeness (QED) is 0.704. The fraction of sp³-hybridized carbons (Fsp3) is 0.278. The zero-order chi connectivity index (χ0) is 18.7. The molecule has 1 fully saturated rings. The van der Waals surface area contributed by atoms with Crippen molar-refractivity contribution in [3.63, 3.8) is 0 Å². The summed E-state index contributed by atoms with van der Waals surface area (Å²) in [4.78, 5) is 13.5. The smallest absolute Gasteiger partial charge is 0.252 e. The average Bonchev–Trinajstić information content (AvgIpc) is 3.21. The molecule has 0 bridgehead atoms. The predicted molar refractivity (Wildman–Crippen MR) is 105 cm³/mol. The monoisotopic (exact) mass is 401 g/mol. The van der Waals surface area contributed by atoms with Gasteiger partial charge in [0.2, 0.25) is 5.95 Å². The van der Waals surface area contributed by atoms with Crippen LogP contribution in [0.25, 0.3) is 10.6 Å². The highest BCUT2D eigenvalue weighted by Crippen LogP contribution is 2.32. The van der Waals surface area contributed by atoms with Crippen LogP contribution in [0.5, 0.6) is 0 Å². The van der Waals surface area contributed by atoms with Crippen LogP contribution in [-0.2, 0) is 10.0 Å². The fourth-order valence-corrected chi connectivity index (χ4v) is 5.90. The van der Waals surface area contributed by atoms with Crippen LogP contribution >= 0.6 is 11.3 Å². The Morgan fingerprint density at radius 2 is 1.74 bits per heavy atom. The third kappa shape index (κ3) is 4.00. The summed E-state index contributed by atoms with van der Waals surface area (Å²) in [6, 6.07) is 8.90. The normalized spacial score (nSPS) is 15.6. The Kier molecular flexibility index (Phi) is 5.15. The molecular weight excluding hydrogens is 382 g/mol. The minimum atomic E-state index is -3.42. The van der Waals surface area contributed by atoms with E-state index in [1.54, 1.807) is 41.1 Å². The van der Waals surface area contributed by atoms with Gasteiger partial charge < -0.3 is 5.32 Å². The number of pyridine rings is 1. The van der Waals surface area contributed by atoms with Gasteiger partial charge in [0, 0.05) is 37.4 Å². The summed E-state index contributed by atoms with van der Waals surface area (Å²) in [5, 5.41) is 3.12. The van der Waals surface area contributed by atoms with Gasteiger partial charge in [-0.3, -0.25) is 4.98 Å². The van der Waals surface area contributed by atoms with Gasteiger partial charge in [-0.05, 0) is 43.2 Å². The van der Waals surface area contributed by atoms with E-state index in [1.165, 1.54) is 11.3 Å². The van der Waals surface area contributed by atoms with Gasteiger partial charge in [0.15, 0.2) is 0 Å². The predicted octanol–water partition coefficient (Wildman–Crippen LogP) is 3.52. The molecule has 3 aromatic rings. The lowest BCUT2D eigenvalue weighted by atomic mass is 10.2. The van der Waals surface area contributed by atoms with Crippen molar-refractivity contribution < 1.29 is 8.42 Å². The number of nitrogens with one attached hydrogen (secondary N) is 1. The van der Waals surface area contributed by atoms with Crippen molar-refractivity contribution in [2.24, 2.45) is 0 Å². The van der Waals surface area contributed by atoms with Crippen molar-refractivity contribution in [1.29, 1.82) is 0 Å². The molecule has 4 rings (SSSR count). The Balaban J connectivity index is 1.57. The first-order chi connectivity index (χ1) is 13.1. The Hall–Kier alpha value is -2.36. The molecule has 9 heteroatoms. The first kappa shape index (κ1) is 18.0. The van der Waals surface area contributed by atoms with Crippen molar-refractivity contribution >= 4 is 33.0 Å². The molecule has 0 radical (unpaired) electrons. The first-order valence-corrected chi connectivity index (χ1v) is 11.0. The number of aromatic nitrogens is 3. The summed E-state index contributed by atoms with van der Waals surface area (Å²) in [5.41, 5.74) is 1.52. The largest absolute Gasteiger partial charge is 0.324 e. The second kappa shape index (κ2) is 7.71. The third-order valence-electron chi connectivity index (χ3n) is 4.34. The van der Waals surface area contributed by atoms with Crippen LogP contribution in [-0.4, -0.2) is 40.8 Å². The van der Waals surface area contributed by atoms with E-state index in [-0.39, 0.29) is 0 Å². The zero-order valence-corrected chi connectivity index (χ0v) is 16.2. The highest BCUT2D eigenvalue weighted by atomic mass is 32.2. The Labute approximate surface area is 162 Å². The minimum Gasteiger partial charge on any atom is -0.324 e. The maximum absolute atomic E-state index is 12.8. The SMILES string of the molecule is O=S(=O)(c1ccc(-c2ccnc(Nc3ccncc3)n2)s1)N1CCCCC1. The van der Waals surface area contributed by atoms with Crippen LogP contribution in [0.15, 0.2) is 53.1 Å². The molecule has 7 nitrogen and oxygen atoms in total. The summed E-state index contributed by atoms with van der Waals surface area (Å²) >= 11 is 1.24. The summed E-state index contributed by atoms with van der Waals surface area (Å²) in [6.07, 6.45) is 7.97. The van der Waals surface area contributed by atoms with Crippen molar-refractivity contribution in [2.45, 2.75) is 23.5 Å². The second-order valence-corrected chi connectivity index (χ2v) is 9.46. The molecule has 0 aromatic carbocycles. The van der Waals surface area contributed by atoms with Gasteiger partial charge in [-0.15, -0.1) is 11.3 Å². The van der Waals surface area contributed by atoms with Crippen LogP contribution in [0, 0.1) is 0 Å². The van der Waals surface area contributed by atoms with Gasteiger partial charge in [-0.2, -0.15) is 4.31 Å². The number of hydrogen-bond donors (Lipinski definition) is 1. The molecule has 1 aliphatic heterocycles. The number of rotatable bonds is 5. The fourth-order valence-electron chi connectivity index (χ4n) is 2.95. The van der Waals surface area contributed by atoms with Crippen molar-refractivity contribution in [3.05, 3.63) is 48.9 Å². The molecule has 4 heterocycles. The molecule has 0 aliphatic carbocycles. The van der Waals surface area contributed by atoms with Crippen LogP contribution in [0.1, 0.15) is 19.3 Å².